The molecule has 2 amide bonds. The van der Waals surface area contributed by atoms with Crippen LogP contribution in [0, 0.1) is 0 Å². The van der Waals surface area contributed by atoms with Gasteiger partial charge in [-0.15, -0.1) is 23.1 Å². The summed E-state index contributed by atoms with van der Waals surface area (Å²) in [6.45, 7) is 0. The number of β-lactam (4-membered cyclic amide) rings is 1. The summed E-state index contributed by atoms with van der Waals surface area (Å²) in [5.41, 5.74) is 2.29. The first kappa shape index (κ1) is 21.5. The first-order valence-electron chi connectivity index (χ1n) is 8.74. The number of amides is 2. The van der Waals surface area contributed by atoms with Crippen molar-refractivity contribution in [2.45, 2.75) is 11.4 Å². The van der Waals surface area contributed by atoms with Crippen LogP contribution in [0.1, 0.15) is 11.3 Å². The fourth-order valence-corrected chi connectivity index (χ4v) is 5.27. The third-order valence-electron chi connectivity index (χ3n) is 4.81. The molecule has 166 valence electrons. The average molecular weight is 479 g/mol. The van der Waals surface area contributed by atoms with Gasteiger partial charge < -0.3 is 26.1 Å². The van der Waals surface area contributed by atoms with Crippen LogP contribution in [0.2, 0.25) is 0 Å². The summed E-state index contributed by atoms with van der Waals surface area (Å²) in [5.74, 6) is -3.97. The van der Waals surface area contributed by atoms with E-state index in [0.717, 1.165) is 28.0 Å². The zero-order valence-corrected chi connectivity index (χ0v) is 17.7. The van der Waals surface area contributed by atoms with E-state index in [1.54, 1.807) is 0 Å². The van der Waals surface area contributed by atoms with E-state index in [1.807, 2.05) is 0 Å². The number of aromatic hydroxyl groups is 1. The number of carbonyl (C=O) groups is 3. The quantitative estimate of drug-likeness (QED) is 0.159. The van der Waals surface area contributed by atoms with Crippen molar-refractivity contribution in [3.63, 3.8) is 0 Å². The lowest BCUT2D eigenvalue weighted by Gasteiger charge is -2.49. The zero-order valence-electron chi connectivity index (χ0n) is 16.0. The van der Waals surface area contributed by atoms with Gasteiger partial charge in [-0.3, -0.25) is 24.1 Å². The van der Waals surface area contributed by atoms with E-state index in [0.29, 0.717) is 0 Å². The number of nitrogens with two attached hydrogens (primary N) is 1. The number of carbonyl (C=O) groups excluding carboxylic acids is 2. The summed E-state index contributed by atoms with van der Waals surface area (Å²) >= 11 is 2.13. The van der Waals surface area contributed by atoms with Crippen molar-refractivity contribution in [3.8, 4) is 5.75 Å². The molecular weight excluding hydrogens is 466 g/mol. The Morgan fingerprint density at radius 3 is 2.62 bits per heavy atom. The number of hydrogen-bond acceptors (Lipinski definition) is 12. The molecule has 15 heteroatoms. The maximum atomic E-state index is 12.7. The fraction of sp³-hybridized carbons (Fsp3) is 0.235. The third kappa shape index (κ3) is 3.13. The largest absolute Gasteiger partial charge is 0.503 e. The minimum Gasteiger partial charge on any atom is -0.503 e. The maximum absolute atomic E-state index is 12.7. The molecule has 0 saturated carbocycles. The highest BCUT2D eigenvalue weighted by molar-refractivity contribution is 8.00. The number of rotatable bonds is 6. The summed E-state index contributed by atoms with van der Waals surface area (Å²) in [4.78, 5) is 69.9. The molecule has 4 rings (SSSR count). The summed E-state index contributed by atoms with van der Waals surface area (Å²) in [5, 5.41) is 26.3. The summed E-state index contributed by atoms with van der Waals surface area (Å²) < 4.78 is 0. The Kier molecular flexibility index (Phi) is 5.21. The number of aliphatic carboxylic acids is 1. The molecule has 1 aromatic heterocycles. The van der Waals surface area contributed by atoms with E-state index in [4.69, 9.17) is 5.73 Å². The van der Waals surface area contributed by atoms with Crippen molar-refractivity contribution in [3.05, 3.63) is 42.8 Å². The Labute approximate surface area is 185 Å². The predicted octanol–water partition coefficient (Wildman–Crippen LogP) is -1.73. The van der Waals surface area contributed by atoms with Crippen LogP contribution in [0.25, 0.3) is 5.57 Å². The number of nitrogens with one attached hydrogen (secondary N) is 1. The van der Waals surface area contributed by atoms with E-state index in [2.05, 4.69) is 20.3 Å². The smallest absolute Gasteiger partial charge is 0.352 e. The van der Waals surface area contributed by atoms with Gasteiger partial charge in [0.2, 0.25) is 5.43 Å². The third-order valence-corrected chi connectivity index (χ3v) is 6.76. The van der Waals surface area contributed by atoms with Crippen LogP contribution in [-0.2, 0) is 19.2 Å². The van der Waals surface area contributed by atoms with Crippen LogP contribution in [0.3, 0.4) is 0 Å². The Morgan fingerprint density at radius 2 is 2.06 bits per heavy atom. The van der Waals surface area contributed by atoms with Crippen molar-refractivity contribution in [1.82, 2.24) is 15.2 Å². The highest BCUT2D eigenvalue weighted by Crippen LogP contribution is 2.44. The molecular formula is C17H13N5O8S2. The number of fused-ring (bicyclic) bond motifs is 1. The van der Waals surface area contributed by atoms with Gasteiger partial charge in [-0.05, 0) is 0 Å². The fourth-order valence-electron chi connectivity index (χ4n) is 3.37. The van der Waals surface area contributed by atoms with E-state index >= 15 is 0 Å². The van der Waals surface area contributed by atoms with Gasteiger partial charge in [0.1, 0.15) is 29.9 Å². The van der Waals surface area contributed by atoms with Gasteiger partial charge in [0.15, 0.2) is 16.6 Å². The number of thioether (sulfide) groups is 1. The van der Waals surface area contributed by atoms with E-state index in [-0.39, 0.29) is 27.9 Å². The minimum absolute atomic E-state index is 0.0809. The number of carboxylic acid groups (broad SMARTS) is 1. The molecule has 2 atom stereocenters. The number of nitrogens with zero attached hydrogens (tertiary/aromatic N) is 3. The molecule has 1 saturated heterocycles. The molecule has 2 aliphatic rings. The number of nitrogen functional groups attached to an aromatic ring is 1. The maximum Gasteiger partial charge on any atom is 0.352 e. The lowest BCUT2D eigenvalue weighted by atomic mass is 9.95. The standard InChI is InChI=1S/C17H13N5O8S2/c1-30-21-7(5-3-32-17(18)19-5)13(26)20-8-14(27)22-9(16(28)29)4(2-31-15(8)22)6-10(23)12(25)11(6)24/h3,8,15,23H,2H2,1H3,(H2,18,19)(H,20,26)(H,28,29)/b21-7+/t8?,15-/m1/s1. The highest BCUT2D eigenvalue weighted by atomic mass is 32.2. The van der Waals surface area contributed by atoms with Crippen LogP contribution >= 0.6 is 23.1 Å². The van der Waals surface area contributed by atoms with Gasteiger partial charge in [0.05, 0.1) is 5.56 Å². The predicted molar refractivity (Wildman–Crippen MR) is 113 cm³/mol. The van der Waals surface area contributed by atoms with Crippen LogP contribution in [-0.4, -0.2) is 67.9 Å². The molecule has 13 nitrogen and oxygen atoms in total. The van der Waals surface area contributed by atoms with Gasteiger partial charge in [-0.2, -0.15) is 0 Å². The lowest BCUT2D eigenvalue weighted by molar-refractivity contribution is -0.149. The monoisotopic (exact) mass is 479 g/mol. The van der Waals surface area contributed by atoms with Crippen molar-refractivity contribution in [1.29, 1.82) is 0 Å². The molecule has 1 fully saturated rings. The molecule has 0 bridgehead atoms. The Morgan fingerprint density at radius 1 is 1.34 bits per heavy atom. The number of carboxylic acids is 1. The second-order valence-corrected chi connectivity index (χ2v) is 8.56. The second-order valence-electron chi connectivity index (χ2n) is 6.57. The van der Waals surface area contributed by atoms with Crippen LogP contribution < -0.4 is 21.9 Å². The first-order valence-corrected chi connectivity index (χ1v) is 10.7. The van der Waals surface area contributed by atoms with Crippen LogP contribution in [0.4, 0.5) is 5.13 Å². The van der Waals surface area contributed by atoms with Gasteiger partial charge >= 0.3 is 5.97 Å². The van der Waals surface area contributed by atoms with Crippen molar-refractivity contribution in [2.24, 2.45) is 5.16 Å². The molecule has 0 radical (unpaired) electrons. The summed E-state index contributed by atoms with van der Waals surface area (Å²) in [6, 6.07) is -1.09. The van der Waals surface area contributed by atoms with Crippen LogP contribution in [0.5, 0.6) is 5.75 Å². The molecule has 0 aliphatic carbocycles. The lowest BCUT2D eigenvalue weighted by Crippen LogP contribution is -2.71. The molecule has 1 aromatic carbocycles. The van der Waals surface area contributed by atoms with Gasteiger partial charge in [0.25, 0.3) is 17.2 Å². The molecule has 32 heavy (non-hydrogen) atoms. The van der Waals surface area contributed by atoms with Crippen molar-refractivity contribution >= 4 is 57.3 Å². The van der Waals surface area contributed by atoms with E-state index in [9.17, 15) is 34.2 Å². The average Bonchev–Trinajstić information content (AvgIpc) is 3.20. The Balaban J connectivity index is 1.60. The second kappa shape index (κ2) is 7.76. The van der Waals surface area contributed by atoms with Crippen LogP contribution in [0.15, 0.2) is 25.8 Å². The first-order chi connectivity index (χ1) is 15.2. The van der Waals surface area contributed by atoms with Gasteiger partial charge in [0, 0.05) is 16.7 Å². The van der Waals surface area contributed by atoms with Gasteiger partial charge in [-0.1, -0.05) is 5.16 Å². The number of hydrogen-bond donors (Lipinski definition) is 4. The van der Waals surface area contributed by atoms with E-state index in [1.165, 1.54) is 12.5 Å². The topological polar surface area (TPSA) is 202 Å². The number of thiazole rings is 1. The molecule has 3 heterocycles. The number of oxime groups is 1. The van der Waals surface area contributed by atoms with Crippen molar-refractivity contribution < 1.29 is 29.4 Å². The molecule has 2 aromatic rings. The minimum atomic E-state index is -1.52. The summed E-state index contributed by atoms with van der Waals surface area (Å²) in [7, 11) is 1.22. The molecule has 5 N–H and O–H groups in total. The zero-order chi connectivity index (χ0) is 23.3. The SMILES string of the molecule is CO/N=C(/C(=O)NC1C(=O)N2C(C(=O)O)=C(c3c(O)c(=O)c3=O)CS[C@H]12)c1csc(N)n1. The normalized spacial score (nSPS) is 20.7. The van der Waals surface area contributed by atoms with Gasteiger partial charge in [-0.25, -0.2) is 9.78 Å². The highest BCUT2D eigenvalue weighted by Gasteiger charge is 2.55. The van der Waals surface area contributed by atoms with E-state index < -0.39 is 57.1 Å². The molecule has 0 spiro atoms. The number of anilines is 1. The van der Waals surface area contributed by atoms with Crippen molar-refractivity contribution in [2.75, 3.05) is 18.6 Å². The molecule has 1 unspecified atom stereocenters. The Hall–Kier alpha value is -3.72. The number of aromatic nitrogens is 1. The summed E-state index contributed by atoms with van der Waals surface area (Å²) in [6.07, 6.45) is 0. The molecule has 2 aliphatic heterocycles. The Bertz CT molecular complexity index is 1300.